The molecule has 4 nitrogen and oxygen atoms in total. The van der Waals surface area contributed by atoms with E-state index in [0.717, 1.165) is 49.9 Å². The van der Waals surface area contributed by atoms with Gasteiger partial charge in [0.15, 0.2) is 0 Å². The number of hydrogen-bond acceptors (Lipinski definition) is 3. The molecule has 1 aliphatic carbocycles. The lowest BCUT2D eigenvalue weighted by atomic mass is 9.48. The lowest BCUT2D eigenvalue weighted by Crippen LogP contribution is -2.61. The van der Waals surface area contributed by atoms with Gasteiger partial charge in [0.25, 0.3) is 0 Å². The van der Waals surface area contributed by atoms with Gasteiger partial charge in [0.2, 0.25) is 6.41 Å². The molecule has 1 aliphatic heterocycles. The fraction of sp³-hybridized carbons (Fsp3) is 0.750. The minimum absolute atomic E-state index is 0.113. The number of amides is 1. The Labute approximate surface area is 213 Å². The van der Waals surface area contributed by atoms with Crippen LogP contribution in [0.4, 0.5) is 0 Å². The average Bonchev–Trinajstić information content (AvgIpc) is 2.90. The van der Waals surface area contributed by atoms with Crippen LogP contribution in [0.2, 0.25) is 11.3 Å². The minimum Gasteiger partial charge on any atom is -0.403 e. The summed E-state index contributed by atoms with van der Waals surface area (Å²) in [4.78, 5) is 11.5. The second kappa shape index (κ2) is 9.79. The van der Waals surface area contributed by atoms with Crippen LogP contribution in [0.5, 0.6) is 0 Å². The molecule has 34 heavy (non-hydrogen) atoms. The van der Waals surface area contributed by atoms with Gasteiger partial charge in [-0.25, -0.2) is 0 Å². The van der Waals surface area contributed by atoms with Crippen LogP contribution in [0.25, 0.3) is 0 Å². The Kier molecular flexibility index (Phi) is 7.93. The quantitative estimate of drug-likeness (QED) is 0.217. The summed E-state index contributed by atoms with van der Waals surface area (Å²) in [5.74, 6) is 0.573. The third-order valence-corrected chi connectivity index (χ3v) is 9.65. The van der Waals surface area contributed by atoms with Crippen LogP contribution in [0.3, 0.4) is 0 Å². The van der Waals surface area contributed by atoms with Crippen molar-refractivity contribution in [3.63, 3.8) is 0 Å². The van der Waals surface area contributed by atoms with Gasteiger partial charge in [0, 0.05) is 10.6 Å². The maximum Gasteiger partial charge on any atom is 0.457 e. The highest BCUT2D eigenvalue weighted by Crippen LogP contribution is 2.58. The number of hydrogen-bond donors (Lipinski definition) is 1. The van der Waals surface area contributed by atoms with Crippen molar-refractivity contribution >= 4 is 25.1 Å². The summed E-state index contributed by atoms with van der Waals surface area (Å²) < 4.78 is 12.4. The largest absolute Gasteiger partial charge is 0.457 e. The van der Waals surface area contributed by atoms with Crippen molar-refractivity contribution in [2.75, 3.05) is 0 Å². The summed E-state index contributed by atoms with van der Waals surface area (Å²) in [5.41, 5.74) is 0.907. The molecule has 2 fully saturated rings. The topological polar surface area (TPSA) is 47.6 Å². The number of halogens is 1. The Morgan fingerprint density at radius 3 is 2.09 bits per heavy atom. The van der Waals surface area contributed by atoms with Crippen LogP contribution in [-0.4, -0.2) is 30.3 Å². The SMILES string of the molecule is CC(C)(C)C(C)(CCCCB1OC(C)(C)C(C)(C)O1)C1CC(Cc2ccc(Cl)cc2)(NC=O)C1. The molecule has 3 rings (SSSR count). The Balaban J connectivity index is 1.59. The van der Waals surface area contributed by atoms with Crippen molar-refractivity contribution in [1.29, 1.82) is 0 Å². The second-order valence-corrected chi connectivity index (χ2v) is 13.5. The normalized spacial score (nSPS) is 27.7. The van der Waals surface area contributed by atoms with Gasteiger partial charge in [-0.3, -0.25) is 4.79 Å². The summed E-state index contributed by atoms with van der Waals surface area (Å²) in [6.45, 7) is 18.0. The van der Waals surface area contributed by atoms with E-state index >= 15 is 0 Å². The van der Waals surface area contributed by atoms with E-state index in [9.17, 15) is 4.79 Å². The van der Waals surface area contributed by atoms with E-state index < -0.39 is 0 Å². The molecule has 1 aromatic carbocycles. The molecule has 0 bridgehead atoms. The highest BCUT2D eigenvalue weighted by Gasteiger charge is 2.55. The number of rotatable bonds is 10. The van der Waals surface area contributed by atoms with Gasteiger partial charge in [-0.15, -0.1) is 0 Å². The van der Waals surface area contributed by atoms with E-state index in [2.05, 4.69) is 72.8 Å². The zero-order valence-corrected chi connectivity index (χ0v) is 23.3. The van der Waals surface area contributed by atoms with E-state index in [4.69, 9.17) is 20.9 Å². The van der Waals surface area contributed by atoms with Gasteiger partial charge >= 0.3 is 7.12 Å². The van der Waals surface area contributed by atoms with Gasteiger partial charge in [-0.1, -0.05) is 64.3 Å². The van der Waals surface area contributed by atoms with Crippen molar-refractivity contribution in [1.82, 2.24) is 5.32 Å². The van der Waals surface area contributed by atoms with Crippen LogP contribution in [0.1, 0.15) is 93.1 Å². The molecule has 1 atom stereocenters. The Morgan fingerprint density at radius 1 is 1.03 bits per heavy atom. The molecule has 1 saturated carbocycles. The smallest absolute Gasteiger partial charge is 0.403 e. The van der Waals surface area contributed by atoms with Gasteiger partial charge in [-0.05, 0) is 94.1 Å². The fourth-order valence-corrected chi connectivity index (χ4v) is 5.97. The predicted molar refractivity (Wildman–Crippen MR) is 142 cm³/mol. The standard InChI is InChI=1S/C28H45BClNO3/c1-24(2,3)27(8,15-9-10-16-29-33-25(4,5)26(6,7)34-29)22-18-28(19-22,31-20-32)17-21-11-13-23(30)14-12-21/h11-14,20,22H,9-10,15-19H2,1-8H3,(H,31,32). The first-order valence-electron chi connectivity index (χ1n) is 12.9. The van der Waals surface area contributed by atoms with E-state index in [1.54, 1.807) is 0 Å². The molecule has 1 amide bonds. The molecule has 1 saturated heterocycles. The lowest BCUT2D eigenvalue weighted by molar-refractivity contribution is -0.116. The Bertz CT molecular complexity index is 826. The first kappa shape index (κ1) is 27.6. The number of nitrogens with one attached hydrogen (secondary N) is 1. The van der Waals surface area contributed by atoms with E-state index in [0.29, 0.717) is 5.92 Å². The molecule has 6 heteroatoms. The summed E-state index contributed by atoms with van der Waals surface area (Å²) in [6.07, 6.45) is 8.10. The van der Waals surface area contributed by atoms with Crippen LogP contribution in [0, 0.1) is 16.7 Å². The van der Waals surface area contributed by atoms with Crippen LogP contribution < -0.4 is 5.32 Å². The molecule has 0 aromatic heterocycles. The fourth-order valence-electron chi connectivity index (χ4n) is 5.84. The number of unbranched alkanes of at least 4 members (excludes halogenated alkanes) is 1. The molecule has 1 unspecified atom stereocenters. The van der Waals surface area contributed by atoms with Crippen molar-refractivity contribution in [3.8, 4) is 0 Å². The molecule has 0 spiro atoms. The zero-order valence-electron chi connectivity index (χ0n) is 22.6. The summed E-state index contributed by atoms with van der Waals surface area (Å²) >= 11 is 6.07. The first-order valence-corrected chi connectivity index (χ1v) is 13.3. The van der Waals surface area contributed by atoms with Crippen molar-refractivity contribution in [2.24, 2.45) is 16.7 Å². The number of benzene rings is 1. The summed E-state index contributed by atoms with van der Waals surface area (Å²) in [6, 6.07) is 8.01. The molecule has 190 valence electrons. The monoisotopic (exact) mass is 489 g/mol. The van der Waals surface area contributed by atoms with Crippen LogP contribution in [0.15, 0.2) is 24.3 Å². The van der Waals surface area contributed by atoms with Gasteiger partial charge in [0.1, 0.15) is 0 Å². The van der Waals surface area contributed by atoms with E-state index in [1.165, 1.54) is 12.0 Å². The number of carbonyl (C=O) groups is 1. The van der Waals surface area contributed by atoms with Crippen molar-refractivity contribution in [3.05, 3.63) is 34.9 Å². The number of carbonyl (C=O) groups excluding carboxylic acids is 1. The Hall–Kier alpha value is -1.04. The highest BCUT2D eigenvalue weighted by molar-refractivity contribution is 6.45. The van der Waals surface area contributed by atoms with E-state index in [1.807, 2.05) is 12.1 Å². The maximum atomic E-state index is 11.5. The molecular weight excluding hydrogens is 445 g/mol. The third-order valence-electron chi connectivity index (χ3n) is 9.40. The second-order valence-electron chi connectivity index (χ2n) is 13.1. The van der Waals surface area contributed by atoms with Gasteiger partial charge in [0.05, 0.1) is 11.2 Å². The molecular formula is C28H45BClNO3. The Morgan fingerprint density at radius 2 is 1.59 bits per heavy atom. The lowest BCUT2D eigenvalue weighted by Gasteiger charge is -2.59. The predicted octanol–water partition coefficient (Wildman–Crippen LogP) is 7.09. The molecule has 1 N–H and O–H groups in total. The highest BCUT2D eigenvalue weighted by atomic mass is 35.5. The minimum atomic E-state index is -0.261. The van der Waals surface area contributed by atoms with Gasteiger partial charge < -0.3 is 14.6 Å². The van der Waals surface area contributed by atoms with Crippen LogP contribution in [-0.2, 0) is 20.5 Å². The van der Waals surface area contributed by atoms with Crippen LogP contribution >= 0.6 is 11.6 Å². The molecule has 1 aromatic rings. The average molecular weight is 490 g/mol. The van der Waals surface area contributed by atoms with Crippen molar-refractivity contribution in [2.45, 2.75) is 117 Å². The molecule has 1 heterocycles. The summed E-state index contributed by atoms with van der Waals surface area (Å²) in [5, 5.41) is 3.93. The summed E-state index contributed by atoms with van der Waals surface area (Å²) in [7, 11) is -0.113. The maximum absolute atomic E-state index is 11.5. The van der Waals surface area contributed by atoms with E-state index in [-0.39, 0.29) is 34.7 Å². The molecule has 0 radical (unpaired) electrons. The van der Waals surface area contributed by atoms with Gasteiger partial charge in [-0.2, -0.15) is 0 Å². The zero-order chi connectivity index (χ0) is 25.4. The first-order chi connectivity index (χ1) is 15.6. The third kappa shape index (κ3) is 5.68. The van der Waals surface area contributed by atoms with Crippen molar-refractivity contribution < 1.29 is 14.1 Å². The molecule has 2 aliphatic rings.